The molecule has 6 nitrogen and oxygen atoms in total. The highest BCUT2D eigenvalue weighted by molar-refractivity contribution is 5.75. The summed E-state index contributed by atoms with van der Waals surface area (Å²) in [5.74, 6) is -0.111. The van der Waals surface area contributed by atoms with Crippen LogP contribution in [0.15, 0.2) is 5.11 Å². The molecule has 0 spiro atoms. The quantitative estimate of drug-likeness (QED) is 0.249. The van der Waals surface area contributed by atoms with E-state index in [1.54, 1.807) is 0 Å². The Kier molecular flexibility index (Phi) is 6.07. The second-order valence-electron chi connectivity index (χ2n) is 1.84. The van der Waals surface area contributed by atoms with E-state index < -0.39 is 0 Å². The summed E-state index contributed by atoms with van der Waals surface area (Å²) >= 11 is 0. The lowest BCUT2D eigenvalue weighted by Crippen LogP contribution is -2.27. The standard InChI is InChI=1S/C5H11N5O/c6-2-1-5(11)8-3-4-9-10-7/h1-4,6H2,(H,8,11). The van der Waals surface area contributed by atoms with Crippen molar-refractivity contribution in [3.63, 3.8) is 0 Å². The van der Waals surface area contributed by atoms with Crippen molar-refractivity contribution in [3.05, 3.63) is 10.4 Å². The SMILES string of the molecule is [N-]=[N+]=NCCNC(=O)CCN. The molecular formula is C5H11N5O. The van der Waals surface area contributed by atoms with Crippen LogP contribution in [0.1, 0.15) is 6.42 Å². The summed E-state index contributed by atoms with van der Waals surface area (Å²) in [5, 5.41) is 5.77. The van der Waals surface area contributed by atoms with Gasteiger partial charge in [-0.3, -0.25) is 4.79 Å². The van der Waals surface area contributed by atoms with Crippen LogP contribution in [0.3, 0.4) is 0 Å². The minimum Gasteiger partial charge on any atom is -0.356 e. The number of amides is 1. The Morgan fingerprint density at radius 1 is 1.73 bits per heavy atom. The normalized spacial score (nSPS) is 8.45. The number of azide groups is 1. The zero-order valence-electron chi connectivity index (χ0n) is 6.16. The Labute approximate surface area is 64.4 Å². The maximum absolute atomic E-state index is 10.7. The number of hydrogen-bond donors (Lipinski definition) is 2. The largest absolute Gasteiger partial charge is 0.356 e. The van der Waals surface area contributed by atoms with Gasteiger partial charge in [-0.2, -0.15) is 0 Å². The van der Waals surface area contributed by atoms with E-state index in [0.717, 1.165) is 0 Å². The number of nitrogens with zero attached hydrogens (tertiary/aromatic N) is 3. The third-order valence-corrected chi connectivity index (χ3v) is 0.969. The Morgan fingerprint density at radius 2 is 2.45 bits per heavy atom. The Hall–Kier alpha value is -1.26. The van der Waals surface area contributed by atoms with Gasteiger partial charge in [0, 0.05) is 31.0 Å². The Balaban J connectivity index is 3.23. The van der Waals surface area contributed by atoms with Gasteiger partial charge in [-0.05, 0) is 5.53 Å². The summed E-state index contributed by atoms with van der Waals surface area (Å²) < 4.78 is 0. The summed E-state index contributed by atoms with van der Waals surface area (Å²) in [6, 6.07) is 0. The first-order valence-corrected chi connectivity index (χ1v) is 3.29. The number of carbonyl (C=O) groups is 1. The summed E-state index contributed by atoms with van der Waals surface area (Å²) in [7, 11) is 0. The first-order chi connectivity index (χ1) is 5.31. The molecule has 0 aromatic heterocycles. The molecule has 3 N–H and O–H groups in total. The van der Waals surface area contributed by atoms with Crippen LogP contribution in [-0.2, 0) is 4.79 Å². The van der Waals surface area contributed by atoms with Gasteiger partial charge in [-0.25, -0.2) is 0 Å². The molecule has 0 rings (SSSR count). The topological polar surface area (TPSA) is 104 Å². The Bertz CT molecular complexity index is 162. The molecular weight excluding hydrogens is 146 g/mol. The zero-order valence-corrected chi connectivity index (χ0v) is 6.16. The maximum atomic E-state index is 10.7. The van der Waals surface area contributed by atoms with E-state index in [2.05, 4.69) is 15.3 Å². The molecule has 62 valence electrons. The van der Waals surface area contributed by atoms with Crippen molar-refractivity contribution in [1.29, 1.82) is 0 Å². The van der Waals surface area contributed by atoms with E-state index in [9.17, 15) is 4.79 Å². The highest BCUT2D eigenvalue weighted by Gasteiger charge is 1.95. The van der Waals surface area contributed by atoms with E-state index in [1.165, 1.54) is 0 Å². The molecule has 0 bridgehead atoms. The third kappa shape index (κ3) is 6.63. The molecule has 0 unspecified atom stereocenters. The number of carbonyl (C=O) groups excluding carboxylic acids is 1. The molecule has 0 aliphatic rings. The fourth-order valence-corrected chi connectivity index (χ4v) is 0.510. The van der Waals surface area contributed by atoms with E-state index in [1.807, 2.05) is 0 Å². The minimum absolute atomic E-state index is 0.111. The summed E-state index contributed by atoms with van der Waals surface area (Å²) in [6.07, 6.45) is 0.316. The lowest BCUT2D eigenvalue weighted by Gasteiger charge is -1.99. The predicted octanol–water partition coefficient (Wildman–Crippen LogP) is -0.238. The number of nitrogens with two attached hydrogens (primary N) is 1. The first-order valence-electron chi connectivity index (χ1n) is 3.29. The molecule has 0 aromatic carbocycles. The second kappa shape index (κ2) is 6.85. The minimum atomic E-state index is -0.111. The summed E-state index contributed by atoms with van der Waals surface area (Å²) in [5.41, 5.74) is 13.0. The van der Waals surface area contributed by atoms with Crippen LogP contribution >= 0.6 is 0 Å². The molecule has 0 heterocycles. The van der Waals surface area contributed by atoms with Gasteiger partial charge in [-0.1, -0.05) is 5.11 Å². The molecule has 0 aromatic rings. The van der Waals surface area contributed by atoms with Gasteiger partial charge >= 0.3 is 0 Å². The molecule has 0 atom stereocenters. The highest BCUT2D eigenvalue weighted by Crippen LogP contribution is 1.74. The van der Waals surface area contributed by atoms with E-state index in [4.69, 9.17) is 11.3 Å². The van der Waals surface area contributed by atoms with Crippen molar-refractivity contribution in [2.24, 2.45) is 10.8 Å². The van der Waals surface area contributed by atoms with Gasteiger partial charge < -0.3 is 11.1 Å². The number of nitrogens with one attached hydrogen (secondary N) is 1. The van der Waals surface area contributed by atoms with Gasteiger partial charge in [0.1, 0.15) is 0 Å². The lowest BCUT2D eigenvalue weighted by molar-refractivity contribution is -0.120. The van der Waals surface area contributed by atoms with Crippen LogP contribution < -0.4 is 11.1 Å². The molecule has 11 heavy (non-hydrogen) atoms. The summed E-state index contributed by atoms with van der Waals surface area (Å²) in [4.78, 5) is 13.2. The van der Waals surface area contributed by atoms with Crippen LogP contribution in [0.25, 0.3) is 10.4 Å². The van der Waals surface area contributed by atoms with Crippen LogP contribution in [0.5, 0.6) is 0 Å². The number of rotatable bonds is 5. The number of hydrogen-bond acceptors (Lipinski definition) is 3. The monoisotopic (exact) mass is 157 g/mol. The van der Waals surface area contributed by atoms with Crippen LogP contribution in [0.2, 0.25) is 0 Å². The van der Waals surface area contributed by atoms with Crippen molar-refractivity contribution < 1.29 is 4.79 Å². The first kappa shape index (κ1) is 9.74. The lowest BCUT2D eigenvalue weighted by atomic mass is 10.4. The fourth-order valence-electron chi connectivity index (χ4n) is 0.510. The van der Waals surface area contributed by atoms with Crippen LogP contribution in [-0.4, -0.2) is 25.5 Å². The van der Waals surface area contributed by atoms with Crippen LogP contribution in [0, 0.1) is 0 Å². The van der Waals surface area contributed by atoms with Crippen molar-refractivity contribution in [3.8, 4) is 0 Å². The van der Waals surface area contributed by atoms with Crippen molar-refractivity contribution >= 4 is 5.91 Å². The van der Waals surface area contributed by atoms with Crippen molar-refractivity contribution in [2.45, 2.75) is 6.42 Å². The second-order valence-corrected chi connectivity index (χ2v) is 1.84. The molecule has 6 heteroatoms. The van der Waals surface area contributed by atoms with Gasteiger partial charge in [0.05, 0.1) is 0 Å². The summed E-state index contributed by atoms with van der Waals surface area (Å²) in [6.45, 7) is 1.00. The molecule has 0 saturated carbocycles. The van der Waals surface area contributed by atoms with Gasteiger partial charge in [0.25, 0.3) is 0 Å². The average molecular weight is 157 g/mol. The molecule has 0 saturated heterocycles. The smallest absolute Gasteiger partial charge is 0.221 e. The molecule has 0 aliphatic carbocycles. The highest BCUT2D eigenvalue weighted by atomic mass is 16.1. The average Bonchev–Trinajstić information content (AvgIpc) is 1.99. The van der Waals surface area contributed by atoms with Crippen molar-refractivity contribution in [1.82, 2.24) is 5.32 Å². The Morgan fingerprint density at radius 3 is 3.00 bits per heavy atom. The van der Waals surface area contributed by atoms with Gasteiger partial charge in [0.2, 0.25) is 5.91 Å². The molecule has 0 aliphatic heterocycles. The maximum Gasteiger partial charge on any atom is 0.221 e. The van der Waals surface area contributed by atoms with Crippen LogP contribution in [0.4, 0.5) is 0 Å². The van der Waals surface area contributed by atoms with E-state index in [-0.39, 0.29) is 12.5 Å². The van der Waals surface area contributed by atoms with Crippen molar-refractivity contribution in [2.75, 3.05) is 19.6 Å². The van der Waals surface area contributed by atoms with Gasteiger partial charge in [-0.15, -0.1) is 0 Å². The van der Waals surface area contributed by atoms with E-state index in [0.29, 0.717) is 19.5 Å². The molecule has 0 radical (unpaired) electrons. The van der Waals surface area contributed by atoms with Gasteiger partial charge in [0.15, 0.2) is 0 Å². The molecule has 0 fully saturated rings. The zero-order chi connectivity index (χ0) is 8.53. The molecule has 1 amide bonds. The van der Waals surface area contributed by atoms with E-state index >= 15 is 0 Å². The fraction of sp³-hybridized carbons (Fsp3) is 0.800. The predicted molar refractivity (Wildman–Crippen MR) is 40.7 cm³/mol. The third-order valence-electron chi connectivity index (χ3n) is 0.969.